The summed E-state index contributed by atoms with van der Waals surface area (Å²) in [5.41, 5.74) is 1.11. The average Bonchev–Trinajstić information content (AvgIpc) is 2.74. The minimum Gasteiger partial charge on any atom is -0.493 e. The second-order valence-electron chi connectivity index (χ2n) is 6.06. The molecule has 2 aromatic carbocycles. The van der Waals surface area contributed by atoms with E-state index < -0.39 is 18.4 Å². The third-order valence-electron chi connectivity index (χ3n) is 4.20. The standard InChI is InChI=1S/C22H24FNO5/c1-4-24(14-16-9-11-19(27-2)20(13-16)28-3)21(25)15-29-22(26)12-10-17-7-5-6-8-18(17)23/h5-13H,4,14-15H2,1-3H3/b12-10+. The zero-order valence-electron chi connectivity index (χ0n) is 16.7. The molecule has 0 aliphatic heterocycles. The van der Waals surface area contributed by atoms with Crippen LogP contribution in [0.3, 0.4) is 0 Å². The predicted octanol–water partition coefficient (Wildman–Crippen LogP) is 3.45. The van der Waals surface area contributed by atoms with Crippen LogP contribution in [0.2, 0.25) is 0 Å². The van der Waals surface area contributed by atoms with Crippen molar-refractivity contribution in [2.75, 3.05) is 27.4 Å². The normalized spacial score (nSPS) is 10.6. The monoisotopic (exact) mass is 401 g/mol. The van der Waals surface area contributed by atoms with Gasteiger partial charge in [-0.25, -0.2) is 9.18 Å². The third kappa shape index (κ3) is 6.34. The van der Waals surface area contributed by atoms with Crippen molar-refractivity contribution in [1.82, 2.24) is 4.90 Å². The van der Waals surface area contributed by atoms with Gasteiger partial charge in [0.1, 0.15) is 5.82 Å². The van der Waals surface area contributed by atoms with Gasteiger partial charge in [-0.05, 0) is 36.8 Å². The summed E-state index contributed by atoms with van der Waals surface area (Å²) < 4.78 is 29.0. The fraction of sp³-hybridized carbons (Fsp3) is 0.273. The fourth-order valence-corrected chi connectivity index (χ4v) is 2.62. The number of ether oxygens (including phenoxy) is 3. The first kappa shape index (κ1) is 21.9. The fourth-order valence-electron chi connectivity index (χ4n) is 2.62. The molecule has 0 aromatic heterocycles. The van der Waals surface area contributed by atoms with Gasteiger partial charge in [0.2, 0.25) is 0 Å². The van der Waals surface area contributed by atoms with Crippen LogP contribution in [0.5, 0.6) is 11.5 Å². The molecule has 1 amide bonds. The van der Waals surface area contributed by atoms with Crippen LogP contribution in [0.25, 0.3) is 6.08 Å². The Bertz CT molecular complexity index is 881. The molecule has 0 bridgehead atoms. The van der Waals surface area contributed by atoms with Crippen LogP contribution in [-0.2, 0) is 20.9 Å². The molecule has 0 radical (unpaired) electrons. The second kappa shape index (κ2) is 10.8. The van der Waals surface area contributed by atoms with E-state index in [0.29, 0.717) is 24.6 Å². The van der Waals surface area contributed by atoms with Crippen molar-refractivity contribution in [2.24, 2.45) is 0 Å². The zero-order valence-corrected chi connectivity index (χ0v) is 16.7. The van der Waals surface area contributed by atoms with Crippen LogP contribution in [-0.4, -0.2) is 44.1 Å². The summed E-state index contributed by atoms with van der Waals surface area (Å²) in [5.74, 6) is -0.335. The Morgan fingerprint density at radius 2 is 1.79 bits per heavy atom. The smallest absolute Gasteiger partial charge is 0.331 e. The summed E-state index contributed by atoms with van der Waals surface area (Å²) in [6, 6.07) is 11.4. The van der Waals surface area contributed by atoms with Crippen molar-refractivity contribution < 1.29 is 28.2 Å². The van der Waals surface area contributed by atoms with Crippen LogP contribution in [0.4, 0.5) is 4.39 Å². The minimum atomic E-state index is -0.719. The quantitative estimate of drug-likeness (QED) is 0.476. The lowest BCUT2D eigenvalue weighted by molar-refractivity contribution is -0.148. The maximum atomic E-state index is 13.5. The molecular weight excluding hydrogens is 377 g/mol. The molecule has 0 aliphatic carbocycles. The van der Waals surface area contributed by atoms with Gasteiger partial charge in [0, 0.05) is 24.7 Å². The van der Waals surface area contributed by atoms with Gasteiger partial charge in [0.25, 0.3) is 5.91 Å². The number of halogens is 1. The van der Waals surface area contributed by atoms with E-state index in [1.807, 2.05) is 13.0 Å². The van der Waals surface area contributed by atoms with E-state index >= 15 is 0 Å². The molecule has 154 valence electrons. The number of methoxy groups -OCH3 is 2. The Kier molecular flexibility index (Phi) is 8.21. The maximum absolute atomic E-state index is 13.5. The lowest BCUT2D eigenvalue weighted by Crippen LogP contribution is -2.34. The van der Waals surface area contributed by atoms with Crippen molar-refractivity contribution in [3.63, 3.8) is 0 Å². The van der Waals surface area contributed by atoms with E-state index in [2.05, 4.69) is 0 Å². The van der Waals surface area contributed by atoms with E-state index in [1.165, 1.54) is 18.2 Å². The van der Waals surface area contributed by atoms with Crippen LogP contribution >= 0.6 is 0 Å². The molecular formula is C22H24FNO5. The number of hydrogen-bond donors (Lipinski definition) is 0. The zero-order chi connectivity index (χ0) is 21.2. The van der Waals surface area contributed by atoms with Gasteiger partial charge in [-0.1, -0.05) is 24.3 Å². The van der Waals surface area contributed by atoms with E-state index in [4.69, 9.17) is 14.2 Å². The Hall–Kier alpha value is -3.35. The first-order valence-electron chi connectivity index (χ1n) is 9.06. The molecule has 0 spiro atoms. The molecule has 29 heavy (non-hydrogen) atoms. The molecule has 0 N–H and O–H groups in total. The number of benzene rings is 2. The van der Waals surface area contributed by atoms with Gasteiger partial charge in [-0.2, -0.15) is 0 Å². The summed E-state index contributed by atoms with van der Waals surface area (Å²) in [5, 5.41) is 0. The molecule has 0 aliphatic rings. The lowest BCUT2D eigenvalue weighted by atomic mass is 10.2. The van der Waals surface area contributed by atoms with Crippen LogP contribution in [0, 0.1) is 5.82 Å². The number of amides is 1. The topological polar surface area (TPSA) is 65.1 Å². The average molecular weight is 401 g/mol. The molecule has 0 atom stereocenters. The third-order valence-corrected chi connectivity index (χ3v) is 4.20. The molecule has 2 aromatic rings. The Morgan fingerprint density at radius 3 is 2.45 bits per heavy atom. The van der Waals surface area contributed by atoms with Crippen molar-refractivity contribution in [3.05, 3.63) is 65.5 Å². The van der Waals surface area contributed by atoms with Gasteiger partial charge < -0.3 is 19.1 Å². The molecule has 0 saturated carbocycles. The molecule has 2 rings (SSSR count). The summed E-state index contributed by atoms with van der Waals surface area (Å²) in [7, 11) is 3.09. The van der Waals surface area contributed by atoms with Gasteiger partial charge in [-0.3, -0.25) is 4.79 Å². The Morgan fingerprint density at radius 1 is 1.07 bits per heavy atom. The van der Waals surface area contributed by atoms with E-state index in [0.717, 1.165) is 11.6 Å². The highest BCUT2D eigenvalue weighted by Gasteiger charge is 2.15. The highest BCUT2D eigenvalue weighted by molar-refractivity contribution is 5.89. The number of esters is 1. The highest BCUT2D eigenvalue weighted by atomic mass is 19.1. The van der Waals surface area contributed by atoms with Gasteiger partial charge in [0.05, 0.1) is 14.2 Å². The van der Waals surface area contributed by atoms with Gasteiger partial charge in [0.15, 0.2) is 18.1 Å². The number of likely N-dealkylation sites (N-methyl/N-ethyl adjacent to an activating group) is 1. The highest BCUT2D eigenvalue weighted by Crippen LogP contribution is 2.28. The molecule has 7 heteroatoms. The Labute approximate surface area is 169 Å². The summed E-state index contributed by atoms with van der Waals surface area (Å²) >= 11 is 0. The molecule has 0 heterocycles. The molecule has 0 unspecified atom stereocenters. The number of carbonyl (C=O) groups excluding carboxylic acids is 2. The maximum Gasteiger partial charge on any atom is 0.331 e. The lowest BCUT2D eigenvalue weighted by Gasteiger charge is -2.21. The number of carbonyl (C=O) groups is 2. The summed E-state index contributed by atoms with van der Waals surface area (Å²) in [6.45, 7) is 2.20. The Balaban J connectivity index is 1.92. The number of nitrogens with zero attached hydrogens (tertiary/aromatic N) is 1. The van der Waals surface area contributed by atoms with Gasteiger partial charge in [-0.15, -0.1) is 0 Å². The predicted molar refractivity (Wildman–Crippen MR) is 107 cm³/mol. The SMILES string of the molecule is CCN(Cc1ccc(OC)c(OC)c1)C(=O)COC(=O)/C=C/c1ccccc1F. The summed E-state index contributed by atoms with van der Waals surface area (Å²) in [6.07, 6.45) is 2.40. The van der Waals surface area contributed by atoms with Crippen molar-refractivity contribution in [2.45, 2.75) is 13.5 Å². The van der Waals surface area contributed by atoms with Gasteiger partial charge >= 0.3 is 5.97 Å². The van der Waals surface area contributed by atoms with Crippen molar-refractivity contribution >= 4 is 18.0 Å². The van der Waals surface area contributed by atoms with E-state index in [-0.39, 0.29) is 11.5 Å². The summed E-state index contributed by atoms with van der Waals surface area (Å²) in [4.78, 5) is 25.8. The van der Waals surface area contributed by atoms with Crippen LogP contribution < -0.4 is 9.47 Å². The first-order valence-corrected chi connectivity index (χ1v) is 9.06. The second-order valence-corrected chi connectivity index (χ2v) is 6.06. The van der Waals surface area contributed by atoms with Crippen molar-refractivity contribution in [3.8, 4) is 11.5 Å². The van der Waals surface area contributed by atoms with Crippen LogP contribution in [0.15, 0.2) is 48.5 Å². The van der Waals surface area contributed by atoms with E-state index in [9.17, 15) is 14.0 Å². The first-order chi connectivity index (χ1) is 14.0. The number of hydrogen-bond acceptors (Lipinski definition) is 5. The molecule has 0 saturated heterocycles. The largest absolute Gasteiger partial charge is 0.493 e. The van der Waals surface area contributed by atoms with E-state index in [1.54, 1.807) is 43.4 Å². The van der Waals surface area contributed by atoms with Crippen LogP contribution in [0.1, 0.15) is 18.1 Å². The number of rotatable bonds is 9. The minimum absolute atomic E-state index is 0.263. The molecule has 0 fully saturated rings. The molecule has 6 nitrogen and oxygen atoms in total. The van der Waals surface area contributed by atoms with Crippen molar-refractivity contribution in [1.29, 1.82) is 0 Å².